The van der Waals surface area contributed by atoms with Gasteiger partial charge in [-0.25, -0.2) is 4.79 Å². The summed E-state index contributed by atoms with van der Waals surface area (Å²) in [7, 11) is 1.17. The molecule has 1 aliphatic rings. The number of unbranched alkanes of at least 4 members (excludes halogenated alkanes) is 2. The molecule has 1 rings (SSSR count). The Kier molecular flexibility index (Phi) is 13.2. The Labute approximate surface area is 207 Å². The third-order valence-electron chi connectivity index (χ3n) is 5.42. The molecule has 1 fully saturated rings. The zero-order chi connectivity index (χ0) is 26.6. The van der Waals surface area contributed by atoms with Crippen molar-refractivity contribution in [3.8, 4) is 0 Å². The van der Waals surface area contributed by atoms with Crippen LogP contribution >= 0.6 is 0 Å². The molecular formula is C24H42N2O9. The number of aliphatic hydroxyl groups excluding tert-OH is 3. The van der Waals surface area contributed by atoms with E-state index in [0.717, 1.165) is 19.3 Å². The number of amides is 2. The number of rotatable bonds is 12. The van der Waals surface area contributed by atoms with Crippen molar-refractivity contribution >= 4 is 18.0 Å². The minimum atomic E-state index is -1.76. The highest BCUT2D eigenvalue weighted by molar-refractivity contribution is 5.90. The van der Waals surface area contributed by atoms with Crippen LogP contribution in [0.4, 0.5) is 4.79 Å². The fraction of sp³-hybridized carbons (Fsp3) is 0.792. The quantitative estimate of drug-likeness (QED) is 0.150. The molecule has 0 radical (unpaired) electrons. The predicted octanol–water partition coefficient (Wildman–Crippen LogP) is 1.14. The molecule has 0 bridgehead atoms. The number of aliphatic hydroxyl groups is 3. The van der Waals surface area contributed by atoms with E-state index >= 15 is 0 Å². The molecule has 6 unspecified atom stereocenters. The van der Waals surface area contributed by atoms with E-state index in [1.165, 1.54) is 13.2 Å². The van der Waals surface area contributed by atoms with E-state index in [-0.39, 0.29) is 18.4 Å². The van der Waals surface area contributed by atoms with Gasteiger partial charge in [0.15, 0.2) is 12.3 Å². The third kappa shape index (κ3) is 11.4. The zero-order valence-electron chi connectivity index (χ0n) is 21.4. The van der Waals surface area contributed by atoms with Gasteiger partial charge in [-0.05, 0) is 24.7 Å². The molecule has 0 aliphatic carbocycles. The van der Waals surface area contributed by atoms with Gasteiger partial charge in [-0.1, -0.05) is 52.7 Å². The molecular weight excluding hydrogens is 460 g/mol. The molecule has 1 saturated heterocycles. The Morgan fingerprint density at radius 1 is 1.17 bits per heavy atom. The lowest BCUT2D eigenvalue weighted by Crippen LogP contribution is -2.56. The van der Waals surface area contributed by atoms with Crippen molar-refractivity contribution < 1.29 is 43.9 Å². The number of ether oxygens (including phenoxy) is 3. The summed E-state index contributed by atoms with van der Waals surface area (Å²) in [6.45, 7) is 7.96. The predicted molar refractivity (Wildman–Crippen MR) is 127 cm³/mol. The zero-order valence-corrected chi connectivity index (χ0v) is 21.4. The van der Waals surface area contributed by atoms with Gasteiger partial charge >= 0.3 is 6.16 Å². The number of hydrogen-bond donors (Lipinski definition) is 5. The van der Waals surface area contributed by atoms with Gasteiger partial charge in [-0.3, -0.25) is 9.59 Å². The lowest BCUT2D eigenvalue weighted by atomic mass is 9.94. The van der Waals surface area contributed by atoms with Crippen molar-refractivity contribution in [1.82, 2.24) is 10.6 Å². The lowest BCUT2D eigenvalue weighted by molar-refractivity contribution is -0.151. The maximum atomic E-state index is 12.7. The second kappa shape index (κ2) is 15.0. The number of carbonyl (C=O) groups excluding carboxylic acids is 3. The van der Waals surface area contributed by atoms with Gasteiger partial charge in [-0.15, -0.1) is 0 Å². The Morgan fingerprint density at radius 3 is 2.46 bits per heavy atom. The van der Waals surface area contributed by atoms with E-state index in [0.29, 0.717) is 12.8 Å². The number of allylic oxidation sites excluding steroid dienone is 1. The smallest absolute Gasteiger partial charge is 0.434 e. The first-order chi connectivity index (χ1) is 16.4. The fourth-order valence-electron chi connectivity index (χ4n) is 3.39. The lowest BCUT2D eigenvalue weighted by Gasteiger charge is -2.28. The van der Waals surface area contributed by atoms with E-state index in [1.54, 1.807) is 6.08 Å². The number of methoxy groups -OCH3 is 1. The standard InChI is InChI=1S/C24H42N2O9/c1-6-7-8-14-34-23(32)35-17-11-9-10-15(21(30)26-17)25-22(31)20(33-5)19(29)18(28)16(27)12-13-24(2,3)4/h12-13,15-20,27-29H,6-11,14H2,1-5H3,(H,25,31)(H,26,30)/b13-12+. The van der Waals surface area contributed by atoms with Crippen LogP contribution in [0.15, 0.2) is 12.2 Å². The molecule has 0 aromatic heterocycles. The highest BCUT2D eigenvalue weighted by atomic mass is 16.7. The van der Waals surface area contributed by atoms with Gasteiger partial charge in [0.05, 0.1) is 6.61 Å². The molecule has 202 valence electrons. The van der Waals surface area contributed by atoms with Gasteiger partial charge in [-0.2, -0.15) is 0 Å². The van der Waals surface area contributed by atoms with Crippen LogP contribution in [0.1, 0.15) is 66.2 Å². The number of carbonyl (C=O) groups is 3. The highest BCUT2D eigenvalue weighted by Crippen LogP contribution is 2.17. The van der Waals surface area contributed by atoms with Crippen LogP contribution in [0.3, 0.4) is 0 Å². The molecule has 6 atom stereocenters. The van der Waals surface area contributed by atoms with Gasteiger partial charge in [0.2, 0.25) is 5.91 Å². The summed E-state index contributed by atoms with van der Waals surface area (Å²) < 4.78 is 15.2. The highest BCUT2D eigenvalue weighted by Gasteiger charge is 2.37. The molecule has 35 heavy (non-hydrogen) atoms. The number of nitrogens with one attached hydrogen (secondary N) is 2. The monoisotopic (exact) mass is 502 g/mol. The summed E-state index contributed by atoms with van der Waals surface area (Å²) in [4.78, 5) is 37.1. The van der Waals surface area contributed by atoms with Crippen LogP contribution in [0.25, 0.3) is 0 Å². The SMILES string of the molecule is CCCCCOC(=O)OC1CCCC(NC(=O)C(OC)C(O)C(O)C(O)/C=C/C(C)(C)C)C(=O)N1. The molecule has 11 heteroatoms. The van der Waals surface area contributed by atoms with E-state index in [1.807, 2.05) is 27.7 Å². The largest absolute Gasteiger partial charge is 0.510 e. The first-order valence-corrected chi connectivity index (χ1v) is 12.1. The van der Waals surface area contributed by atoms with Crippen LogP contribution in [0, 0.1) is 5.41 Å². The van der Waals surface area contributed by atoms with Crippen LogP contribution in [-0.2, 0) is 23.8 Å². The van der Waals surface area contributed by atoms with Crippen molar-refractivity contribution in [2.45, 2.75) is 103 Å². The van der Waals surface area contributed by atoms with Gasteiger partial charge < -0.3 is 40.2 Å². The maximum absolute atomic E-state index is 12.7. The van der Waals surface area contributed by atoms with Crippen LogP contribution in [-0.4, -0.2) is 83.7 Å². The van der Waals surface area contributed by atoms with Crippen molar-refractivity contribution in [2.24, 2.45) is 5.41 Å². The molecule has 0 saturated carbocycles. The Bertz CT molecular complexity index is 708. The van der Waals surface area contributed by atoms with Gasteiger partial charge in [0, 0.05) is 13.5 Å². The molecule has 0 aromatic rings. The summed E-state index contributed by atoms with van der Waals surface area (Å²) in [6, 6.07) is -0.968. The summed E-state index contributed by atoms with van der Waals surface area (Å²) in [6.07, 6.45) is -1.49. The Hall–Kier alpha value is -2.21. The summed E-state index contributed by atoms with van der Waals surface area (Å²) in [5.41, 5.74) is -0.260. The normalized spacial score (nSPS) is 22.5. The van der Waals surface area contributed by atoms with Crippen molar-refractivity contribution in [2.75, 3.05) is 13.7 Å². The van der Waals surface area contributed by atoms with Crippen LogP contribution in [0.2, 0.25) is 0 Å². The molecule has 1 heterocycles. The van der Waals surface area contributed by atoms with Gasteiger partial charge in [0.25, 0.3) is 5.91 Å². The van der Waals surface area contributed by atoms with E-state index < -0.39 is 54.7 Å². The van der Waals surface area contributed by atoms with E-state index in [9.17, 15) is 29.7 Å². The fourth-order valence-corrected chi connectivity index (χ4v) is 3.39. The topological polar surface area (TPSA) is 164 Å². The summed E-state index contributed by atoms with van der Waals surface area (Å²) in [5, 5.41) is 35.9. The third-order valence-corrected chi connectivity index (χ3v) is 5.42. The Balaban J connectivity index is 2.66. The van der Waals surface area contributed by atoms with Crippen molar-refractivity contribution in [1.29, 1.82) is 0 Å². The Morgan fingerprint density at radius 2 is 1.86 bits per heavy atom. The molecule has 1 aliphatic heterocycles. The second-order valence-corrected chi connectivity index (χ2v) is 9.77. The summed E-state index contributed by atoms with van der Waals surface area (Å²) in [5.74, 6) is -1.40. The molecule has 11 nitrogen and oxygen atoms in total. The second-order valence-electron chi connectivity index (χ2n) is 9.77. The average molecular weight is 503 g/mol. The van der Waals surface area contributed by atoms with Crippen molar-refractivity contribution in [3.05, 3.63) is 12.2 Å². The average Bonchev–Trinajstić information content (AvgIpc) is 2.95. The van der Waals surface area contributed by atoms with E-state index in [2.05, 4.69) is 10.6 Å². The number of hydrogen-bond acceptors (Lipinski definition) is 9. The molecule has 0 spiro atoms. The van der Waals surface area contributed by atoms with Gasteiger partial charge in [0.1, 0.15) is 24.4 Å². The van der Waals surface area contributed by atoms with Crippen molar-refractivity contribution in [3.63, 3.8) is 0 Å². The van der Waals surface area contributed by atoms with Crippen LogP contribution < -0.4 is 10.6 Å². The molecule has 0 aromatic carbocycles. The molecule has 5 N–H and O–H groups in total. The summed E-state index contributed by atoms with van der Waals surface area (Å²) >= 11 is 0. The first-order valence-electron chi connectivity index (χ1n) is 12.1. The van der Waals surface area contributed by atoms with Crippen LogP contribution in [0.5, 0.6) is 0 Å². The van der Waals surface area contributed by atoms with E-state index in [4.69, 9.17) is 14.2 Å². The molecule has 2 amide bonds. The minimum absolute atomic E-state index is 0.235. The minimum Gasteiger partial charge on any atom is -0.434 e. The maximum Gasteiger partial charge on any atom is 0.510 e. The first kappa shape index (κ1) is 30.8.